The van der Waals surface area contributed by atoms with E-state index in [1.165, 1.54) is 9.79 Å². The van der Waals surface area contributed by atoms with E-state index in [9.17, 15) is 5.26 Å². The molecule has 4 nitrogen and oxygen atoms in total. The Morgan fingerprint density at radius 2 is 1.70 bits per heavy atom. The molecular weight excluding hydrogens is 446 g/mol. The predicted molar refractivity (Wildman–Crippen MR) is 139 cm³/mol. The number of nitrogens with zero attached hydrogens (tertiary/aromatic N) is 2. The van der Waals surface area contributed by atoms with Gasteiger partial charge in [0.2, 0.25) is 5.88 Å². The number of thioether (sulfide) groups is 2. The first-order chi connectivity index (χ1) is 16.1. The molecule has 2 aromatic carbocycles. The van der Waals surface area contributed by atoms with E-state index in [0.29, 0.717) is 5.57 Å². The van der Waals surface area contributed by atoms with Crippen LogP contribution in [-0.4, -0.2) is 37.0 Å². The van der Waals surface area contributed by atoms with Crippen LogP contribution < -0.4 is 5.73 Å². The molecule has 0 amide bonds. The van der Waals surface area contributed by atoms with Gasteiger partial charge in [-0.25, -0.2) is 0 Å². The quantitative estimate of drug-likeness (QED) is 0.517. The van der Waals surface area contributed by atoms with Crippen LogP contribution in [0.25, 0.3) is 6.08 Å². The van der Waals surface area contributed by atoms with Crippen molar-refractivity contribution in [2.75, 3.05) is 32.1 Å². The Morgan fingerprint density at radius 1 is 1.06 bits per heavy atom. The summed E-state index contributed by atoms with van der Waals surface area (Å²) in [6, 6.07) is 19.3. The smallest absolute Gasteiger partial charge is 0.205 e. The lowest BCUT2D eigenvalue weighted by Gasteiger charge is -2.38. The minimum atomic E-state index is -0.198. The molecule has 0 fully saturated rings. The van der Waals surface area contributed by atoms with Crippen LogP contribution in [0.1, 0.15) is 30.4 Å². The van der Waals surface area contributed by atoms with E-state index in [-0.39, 0.29) is 11.8 Å². The standard InChI is InChI=1S/C27H29N3OS2/c1-4-13-30-16-20(14-18-5-9-21(32-2)10-6-18)26-24(17-30)25(23(15-28)27(29)31-26)19-7-11-22(33-3)12-8-19/h5-12,14,25H,4,13,16-17,29H2,1-3H3/b20-14+/t25-/m0/s1. The summed E-state index contributed by atoms with van der Waals surface area (Å²) in [5.41, 5.74) is 11.2. The molecule has 0 aliphatic carbocycles. The van der Waals surface area contributed by atoms with Gasteiger partial charge in [0.05, 0.1) is 5.92 Å². The molecular formula is C27H29N3OS2. The van der Waals surface area contributed by atoms with E-state index < -0.39 is 0 Å². The summed E-state index contributed by atoms with van der Waals surface area (Å²) in [7, 11) is 0. The van der Waals surface area contributed by atoms with Gasteiger partial charge in [-0.2, -0.15) is 5.26 Å². The summed E-state index contributed by atoms with van der Waals surface area (Å²) >= 11 is 3.44. The SMILES string of the molecule is CCCN1CC2=C(OC(N)=C(C#N)[C@@H]2c2ccc(SC)cc2)/C(=C/c2ccc(SC)cc2)C1. The number of benzene rings is 2. The third-order valence-electron chi connectivity index (χ3n) is 6.05. The number of hydrogen-bond acceptors (Lipinski definition) is 6. The van der Waals surface area contributed by atoms with Gasteiger partial charge in [-0.15, -0.1) is 23.5 Å². The summed E-state index contributed by atoms with van der Waals surface area (Å²) in [5, 5.41) is 9.98. The molecule has 1 atom stereocenters. The molecule has 2 aliphatic rings. The van der Waals surface area contributed by atoms with Gasteiger partial charge in [-0.1, -0.05) is 31.2 Å². The number of nitriles is 1. The zero-order valence-electron chi connectivity index (χ0n) is 19.3. The van der Waals surface area contributed by atoms with Crippen LogP contribution in [0.15, 0.2) is 86.7 Å². The van der Waals surface area contributed by atoms with Crippen molar-refractivity contribution in [3.8, 4) is 6.07 Å². The molecule has 0 saturated heterocycles. The van der Waals surface area contributed by atoms with E-state index in [1.54, 1.807) is 23.5 Å². The van der Waals surface area contributed by atoms with Gasteiger partial charge in [0.15, 0.2) is 0 Å². The molecule has 0 spiro atoms. The number of ether oxygens (including phenoxy) is 1. The van der Waals surface area contributed by atoms with Gasteiger partial charge in [-0.05, 0) is 72.5 Å². The minimum absolute atomic E-state index is 0.198. The highest BCUT2D eigenvalue weighted by Crippen LogP contribution is 2.44. The van der Waals surface area contributed by atoms with Crippen molar-refractivity contribution in [1.29, 1.82) is 5.26 Å². The van der Waals surface area contributed by atoms with Gasteiger partial charge in [-0.3, -0.25) is 4.90 Å². The third kappa shape index (κ3) is 5.01. The number of allylic oxidation sites excluding steroid dienone is 1. The van der Waals surface area contributed by atoms with Crippen molar-refractivity contribution in [2.45, 2.75) is 29.1 Å². The van der Waals surface area contributed by atoms with E-state index in [1.807, 2.05) is 0 Å². The minimum Gasteiger partial charge on any atom is -0.440 e. The Bertz CT molecular complexity index is 1140. The van der Waals surface area contributed by atoms with Crippen LogP contribution in [0.5, 0.6) is 0 Å². The van der Waals surface area contributed by atoms with Crippen LogP contribution in [0.2, 0.25) is 0 Å². The second kappa shape index (κ2) is 10.6. The van der Waals surface area contributed by atoms with Crippen molar-refractivity contribution < 1.29 is 4.74 Å². The molecule has 0 radical (unpaired) electrons. The summed E-state index contributed by atoms with van der Waals surface area (Å²) in [5.74, 6) is 0.839. The van der Waals surface area contributed by atoms with Crippen molar-refractivity contribution in [1.82, 2.24) is 4.90 Å². The van der Waals surface area contributed by atoms with Crippen LogP contribution in [0.4, 0.5) is 0 Å². The van der Waals surface area contributed by atoms with E-state index in [4.69, 9.17) is 10.5 Å². The number of rotatable bonds is 6. The Kier molecular flexibility index (Phi) is 7.54. The molecule has 4 rings (SSSR count). The number of hydrogen-bond donors (Lipinski definition) is 1. The van der Waals surface area contributed by atoms with Gasteiger partial charge >= 0.3 is 0 Å². The zero-order chi connectivity index (χ0) is 23.4. The summed E-state index contributed by atoms with van der Waals surface area (Å²) in [6.45, 7) is 4.74. The van der Waals surface area contributed by atoms with Gasteiger partial charge in [0, 0.05) is 28.5 Å². The third-order valence-corrected chi connectivity index (χ3v) is 7.54. The fourth-order valence-corrected chi connectivity index (χ4v) is 5.31. The lowest BCUT2D eigenvalue weighted by molar-refractivity contribution is 0.234. The maximum Gasteiger partial charge on any atom is 0.205 e. The molecule has 170 valence electrons. The average Bonchev–Trinajstić information content (AvgIpc) is 2.84. The van der Waals surface area contributed by atoms with Crippen molar-refractivity contribution >= 4 is 29.6 Å². The van der Waals surface area contributed by atoms with E-state index >= 15 is 0 Å². The Morgan fingerprint density at radius 3 is 2.27 bits per heavy atom. The predicted octanol–water partition coefficient (Wildman–Crippen LogP) is 6.00. The molecule has 0 unspecified atom stereocenters. The van der Waals surface area contributed by atoms with E-state index in [2.05, 4.69) is 85.0 Å². The Balaban J connectivity index is 1.82. The molecule has 2 heterocycles. The highest BCUT2D eigenvalue weighted by atomic mass is 32.2. The highest BCUT2D eigenvalue weighted by Gasteiger charge is 2.37. The lowest BCUT2D eigenvalue weighted by atomic mass is 9.80. The van der Waals surface area contributed by atoms with Crippen molar-refractivity contribution in [3.63, 3.8) is 0 Å². The zero-order valence-corrected chi connectivity index (χ0v) is 20.9. The molecule has 0 aromatic heterocycles. The monoisotopic (exact) mass is 475 g/mol. The molecule has 2 N–H and O–H groups in total. The topological polar surface area (TPSA) is 62.3 Å². The second-order valence-corrected chi connectivity index (χ2v) is 9.97. The van der Waals surface area contributed by atoms with Crippen LogP contribution >= 0.6 is 23.5 Å². The Labute approximate surface area is 205 Å². The molecule has 2 aromatic rings. The second-order valence-electron chi connectivity index (χ2n) is 8.21. The molecule has 0 saturated carbocycles. The first kappa shape index (κ1) is 23.6. The Hall–Kier alpha value is -2.59. The molecule has 33 heavy (non-hydrogen) atoms. The van der Waals surface area contributed by atoms with Crippen molar-refractivity contribution in [2.24, 2.45) is 5.73 Å². The fraction of sp³-hybridized carbons (Fsp3) is 0.296. The summed E-state index contributed by atoms with van der Waals surface area (Å²) in [4.78, 5) is 4.87. The van der Waals surface area contributed by atoms with Crippen LogP contribution in [0.3, 0.4) is 0 Å². The first-order valence-electron chi connectivity index (χ1n) is 11.1. The molecule has 2 aliphatic heterocycles. The van der Waals surface area contributed by atoms with E-state index in [0.717, 1.165) is 54.1 Å². The van der Waals surface area contributed by atoms with Gasteiger partial charge < -0.3 is 10.5 Å². The number of nitrogens with two attached hydrogens (primary N) is 1. The maximum absolute atomic E-state index is 9.98. The molecule has 0 bridgehead atoms. The molecule has 6 heteroatoms. The lowest BCUT2D eigenvalue weighted by Crippen LogP contribution is -2.38. The normalized spacial score (nSPS) is 19.9. The summed E-state index contributed by atoms with van der Waals surface area (Å²) < 4.78 is 6.16. The van der Waals surface area contributed by atoms with Gasteiger partial charge in [0.1, 0.15) is 17.4 Å². The largest absolute Gasteiger partial charge is 0.440 e. The summed E-state index contributed by atoms with van der Waals surface area (Å²) in [6.07, 6.45) is 7.41. The van der Waals surface area contributed by atoms with Gasteiger partial charge in [0.25, 0.3) is 0 Å². The highest BCUT2D eigenvalue weighted by molar-refractivity contribution is 7.98. The average molecular weight is 476 g/mol. The first-order valence-corrected chi connectivity index (χ1v) is 13.5. The van der Waals surface area contributed by atoms with Crippen LogP contribution in [0, 0.1) is 11.3 Å². The fourth-order valence-electron chi connectivity index (χ4n) is 4.49. The van der Waals surface area contributed by atoms with Crippen LogP contribution in [-0.2, 0) is 4.74 Å². The maximum atomic E-state index is 9.98. The van der Waals surface area contributed by atoms with Crippen molar-refractivity contribution in [3.05, 3.63) is 88.0 Å².